The van der Waals surface area contributed by atoms with Crippen LogP contribution in [0.1, 0.15) is 19.9 Å². The van der Waals surface area contributed by atoms with Gasteiger partial charge in [0.25, 0.3) is 0 Å². The molecule has 1 aromatic heterocycles. The zero-order chi connectivity index (χ0) is 10.1. The van der Waals surface area contributed by atoms with Gasteiger partial charge in [0, 0.05) is 31.4 Å². The fourth-order valence-electron chi connectivity index (χ4n) is 1.66. The Balaban J connectivity index is 1.88. The second-order valence-electron chi connectivity index (χ2n) is 4.04. The molecule has 76 valence electrons. The maximum atomic E-state index is 11.5. The van der Waals surface area contributed by atoms with Gasteiger partial charge >= 0.3 is 0 Å². The number of carbonyl (C=O) groups is 1. The van der Waals surface area contributed by atoms with Crippen molar-refractivity contribution in [2.45, 2.75) is 19.9 Å². The third-order valence-corrected chi connectivity index (χ3v) is 2.57. The third-order valence-electron chi connectivity index (χ3n) is 2.57. The molecule has 0 aliphatic carbocycles. The Morgan fingerprint density at radius 3 is 2.71 bits per heavy atom. The molecule has 1 aliphatic heterocycles. The molecule has 2 heterocycles. The van der Waals surface area contributed by atoms with E-state index in [1.54, 1.807) is 6.20 Å². The van der Waals surface area contributed by atoms with Crippen LogP contribution < -0.4 is 0 Å². The predicted molar refractivity (Wildman–Crippen MR) is 52.7 cm³/mol. The number of nitrogens with zero attached hydrogens (tertiary/aromatic N) is 3. The highest BCUT2D eigenvalue weighted by Crippen LogP contribution is 2.21. The second kappa shape index (κ2) is 3.44. The number of rotatable bonds is 2. The van der Waals surface area contributed by atoms with Crippen LogP contribution >= 0.6 is 0 Å². The van der Waals surface area contributed by atoms with E-state index in [2.05, 4.69) is 5.10 Å². The molecular formula is C10H15N3O. The van der Waals surface area contributed by atoms with Crippen LogP contribution in [0.4, 0.5) is 0 Å². The summed E-state index contributed by atoms with van der Waals surface area (Å²) in [5, 5.41) is 4.16. The van der Waals surface area contributed by atoms with Gasteiger partial charge in [0.2, 0.25) is 5.91 Å². The maximum absolute atomic E-state index is 11.5. The van der Waals surface area contributed by atoms with E-state index < -0.39 is 0 Å². The molecule has 0 spiro atoms. The molecule has 1 aromatic rings. The summed E-state index contributed by atoms with van der Waals surface area (Å²) in [5.74, 6) is 0.349. The molecule has 2 rings (SSSR count). The summed E-state index contributed by atoms with van der Waals surface area (Å²) in [4.78, 5) is 13.4. The third kappa shape index (κ3) is 1.52. The quantitative estimate of drug-likeness (QED) is 0.700. The molecule has 0 unspecified atom stereocenters. The molecule has 14 heavy (non-hydrogen) atoms. The average molecular weight is 193 g/mol. The standard InChI is InChI=1S/C10H15N3O/c1-8(2)10(14)12-6-9(7-12)13-5-3-4-11-13/h3-5,8-9H,6-7H2,1-2H3. The smallest absolute Gasteiger partial charge is 0.225 e. The molecule has 0 N–H and O–H groups in total. The fraction of sp³-hybridized carbons (Fsp3) is 0.600. The first-order chi connectivity index (χ1) is 6.68. The summed E-state index contributed by atoms with van der Waals surface area (Å²) < 4.78 is 1.92. The minimum absolute atomic E-state index is 0.105. The van der Waals surface area contributed by atoms with Crippen LogP contribution in [-0.2, 0) is 4.79 Å². The molecule has 1 fully saturated rings. The number of amides is 1. The predicted octanol–water partition coefficient (Wildman–Crippen LogP) is 0.922. The number of carbonyl (C=O) groups excluding carboxylic acids is 1. The molecule has 1 saturated heterocycles. The van der Waals surface area contributed by atoms with Crippen LogP contribution in [0, 0.1) is 5.92 Å². The lowest BCUT2D eigenvalue weighted by molar-refractivity contribution is -0.140. The van der Waals surface area contributed by atoms with E-state index in [1.807, 2.05) is 35.7 Å². The highest BCUT2D eigenvalue weighted by atomic mass is 16.2. The molecule has 0 bridgehead atoms. The van der Waals surface area contributed by atoms with Crippen LogP contribution in [0.2, 0.25) is 0 Å². The van der Waals surface area contributed by atoms with Gasteiger partial charge in [0.05, 0.1) is 6.04 Å². The van der Waals surface area contributed by atoms with Crippen LogP contribution in [0.15, 0.2) is 18.5 Å². The first-order valence-electron chi connectivity index (χ1n) is 4.96. The van der Waals surface area contributed by atoms with E-state index in [1.165, 1.54) is 0 Å². The Bertz CT molecular complexity index is 312. The van der Waals surface area contributed by atoms with E-state index in [0.717, 1.165) is 13.1 Å². The van der Waals surface area contributed by atoms with E-state index in [-0.39, 0.29) is 11.8 Å². The van der Waals surface area contributed by atoms with Gasteiger partial charge in [-0.2, -0.15) is 5.10 Å². The first-order valence-corrected chi connectivity index (χ1v) is 4.96. The number of hydrogen-bond donors (Lipinski definition) is 0. The molecule has 0 aromatic carbocycles. The summed E-state index contributed by atoms with van der Waals surface area (Å²) in [7, 11) is 0. The monoisotopic (exact) mass is 193 g/mol. The molecule has 0 saturated carbocycles. The van der Waals surface area contributed by atoms with Gasteiger partial charge in [0.15, 0.2) is 0 Å². The Morgan fingerprint density at radius 1 is 1.50 bits per heavy atom. The van der Waals surface area contributed by atoms with E-state index in [0.29, 0.717) is 6.04 Å². The van der Waals surface area contributed by atoms with Crippen molar-refractivity contribution in [1.29, 1.82) is 0 Å². The Kier molecular flexibility index (Phi) is 2.27. The minimum atomic E-state index is 0.105. The highest BCUT2D eigenvalue weighted by molar-refractivity contribution is 5.78. The van der Waals surface area contributed by atoms with E-state index in [4.69, 9.17) is 0 Å². The minimum Gasteiger partial charge on any atom is -0.338 e. The van der Waals surface area contributed by atoms with Crippen LogP contribution in [0.3, 0.4) is 0 Å². The number of hydrogen-bond acceptors (Lipinski definition) is 2. The molecule has 0 radical (unpaired) electrons. The lowest BCUT2D eigenvalue weighted by atomic mass is 10.1. The lowest BCUT2D eigenvalue weighted by Gasteiger charge is -2.40. The summed E-state index contributed by atoms with van der Waals surface area (Å²) in [6.45, 7) is 5.48. The first kappa shape index (κ1) is 9.24. The SMILES string of the molecule is CC(C)C(=O)N1CC(n2cccn2)C1. The van der Waals surface area contributed by atoms with Gasteiger partial charge in [-0.3, -0.25) is 9.48 Å². The molecule has 1 amide bonds. The van der Waals surface area contributed by atoms with Crippen LogP contribution in [-0.4, -0.2) is 33.7 Å². The maximum Gasteiger partial charge on any atom is 0.225 e. The Hall–Kier alpha value is -1.32. The molecule has 4 nitrogen and oxygen atoms in total. The van der Waals surface area contributed by atoms with Crippen molar-refractivity contribution in [1.82, 2.24) is 14.7 Å². The van der Waals surface area contributed by atoms with Gasteiger partial charge in [-0.05, 0) is 6.07 Å². The van der Waals surface area contributed by atoms with Crippen molar-refractivity contribution in [2.75, 3.05) is 13.1 Å². The van der Waals surface area contributed by atoms with Gasteiger partial charge in [0.1, 0.15) is 0 Å². The average Bonchev–Trinajstić information content (AvgIpc) is 2.54. The van der Waals surface area contributed by atoms with E-state index >= 15 is 0 Å². The fourth-order valence-corrected chi connectivity index (χ4v) is 1.66. The molecule has 1 aliphatic rings. The van der Waals surface area contributed by atoms with Crippen molar-refractivity contribution in [2.24, 2.45) is 5.92 Å². The van der Waals surface area contributed by atoms with Crippen LogP contribution in [0.5, 0.6) is 0 Å². The normalized spacial score (nSPS) is 17.2. The second-order valence-corrected chi connectivity index (χ2v) is 4.04. The topological polar surface area (TPSA) is 38.1 Å². The zero-order valence-corrected chi connectivity index (χ0v) is 8.55. The molecule has 0 atom stereocenters. The van der Waals surface area contributed by atoms with Gasteiger partial charge in [-0.25, -0.2) is 0 Å². The Labute approximate surface area is 83.5 Å². The number of likely N-dealkylation sites (tertiary alicyclic amines) is 1. The van der Waals surface area contributed by atoms with Crippen LogP contribution in [0.25, 0.3) is 0 Å². The van der Waals surface area contributed by atoms with Gasteiger partial charge in [-0.15, -0.1) is 0 Å². The van der Waals surface area contributed by atoms with E-state index in [9.17, 15) is 4.79 Å². The van der Waals surface area contributed by atoms with Crippen molar-refractivity contribution in [3.8, 4) is 0 Å². The summed E-state index contributed by atoms with van der Waals surface area (Å²) in [6, 6.07) is 2.29. The van der Waals surface area contributed by atoms with Crippen molar-refractivity contribution in [3.63, 3.8) is 0 Å². The van der Waals surface area contributed by atoms with Gasteiger partial charge < -0.3 is 4.90 Å². The van der Waals surface area contributed by atoms with Crippen molar-refractivity contribution >= 4 is 5.91 Å². The number of aromatic nitrogens is 2. The highest BCUT2D eigenvalue weighted by Gasteiger charge is 2.32. The lowest BCUT2D eigenvalue weighted by Crippen LogP contribution is -2.52. The van der Waals surface area contributed by atoms with Crippen molar-refractivity contribution in [3.05, 3.63) is 18.5 Å². The Morgan fingerprint density at radius 2 is 2.21 bits per heavy atom. The van der Waals surface area contributed by atoms with Crippen molar-refractivity contribution < 1.29 is 4.79 Å². The summed E-state index contributed by atoms with van der Waals surface area (Å²) in [6.07, 6.45) is 3.72. The summed E-state index contributed by atoms with van der Waals surface area (Å²) in [5.41, 5.74) is 0. The molecule has 4 heteroatoms. The summed E-state index contributed by atoms with van der Waals surface area (Å²) >= 11 is 0. The largest absolute Gasteiger partial charge is 0.338 e. The molecular weight excluding hydrogens is 178 g/mol. The van der Waals surface area contributed by atoms with Gasteiger partial charge in [-0.1, -0.05) is 13.8 Å². The zero-order valence-electron chi connectivity index (χ0n) is 8.55.